The molecule has 0 saturated heterocycles. The molecule has 0 fully saturated rings. The summed E-state index contributed by atoms with van der Waals surface area (Å²) in [6.07, 6.45) is 4.02. The van der Waals surface area contributed by atoms with Crippen LogP contribution in [-0.4, -0.2) is 17.2 Å². The highest BCUT2D eigenvalue weighted by molar-refractivity contribution is 5.33. The Kier molecular flexibility index (Phi) is 3.63. The van der Waals surface area contributed by atoms with E-state index in [1.807, 2.05) is 36.4 Å². The predicted molar refractivity (Wildman–Crippen MR) is 70.5 cm³/mol. The molecule has 0 bridgehead atoms. The van der Waals surface area contributed by atoms with Crippen molar-refractivity contribution in [3.63, 3.8) is 0 Å². The molecule has 2 aromatic rings. The third-order valence-corrected chi connectivity index (χ3v) is 2.96. The summed E-state index contributed by atoms with van der Waals surface area (Å²) in [4.78, 5) is 4.06. The molecular formula is C15H17NO2. The number of nitrogens with zero attached hydrogens (tertiary/aromatic N) is 1. The van der Waals surface area contributed by atoms with Crippen molar-refractivity contribution >= 4 is 0 Å². The Morgan fingerprint density at radius 2 is 2.11 bits per heavy atom. The van der Waals surface area contributed by atoms with Crippen LogP contribution in [0.1, 0.15) is 18.1 Å². The van der Waals surface area contributed by atoms with Gasteiger partial charge in [-0.2, -0.15) is 0 Å². The maximum absolute atomic E-state index is 10.6. The van der Waals surface area contributed by atoms with Gasteiger partial charge < -0.3 is 9.84 Å². The van der Waals surface area contributed by atoms with Crippen LogP contribution in [0.25, 0.3) is 0 Å². The summed E-state index contributed by atoms with van der Waals surface area (Å²) in [7, 11) is 1.62. The van der Waals surface area contributed by atoms with Gasteiger partial charge in [0.2, 0.25) is 0 Å². The van der Waals surface area contributed by atoms with Crippen LogP contribution >= 0.6 is 0 Å². The summed E-state index contributed by atoms with van der Waals surface area (Å²) < 4.78 is 5.18. The molecule has 0 saturated carbocycles. The maximum Gasteiger partial charge on any atom is 0.119 e. The Bertz CT molecular complexity index is 509. The average Bonchev–Trinajstić information content (AvgIpc) is 2.39. The van der Waals surface area contributed by atoms with Crippen LogP contribution in [0, 0.1) is 0 Å². The fraction of sp³-hybridized carbons (Fsp3) is 0.267. The third kappa shape index (κ3) is 2.87. The summed E-state index contributed by atoms with van der Waals surface area (Å²) in [5.41, 5.74) is 0.911. The van der Waals surface area contributed by atoms with Gasteiger partial charge in [-0.25, -0.2) is 0 Å². The first kappa shape index (κ1) is 12.6. The second kappa shape index (κ2) is 5.19. The molecule has 3 nitrogen and oxygen atoms in total. The topological polar surface area (TPSA) is 42.4 Å². The molecule has 0 amide bonds. The SMILES string of the molecule is COc1cccc(C(C)(O)Cc2cccnc2)c1. The minimum atomic E-state index is -0.933. The van der Waals surface area contributed by atoms with E-state index in [1.54, 1.807) is 26.4 Å². The second-order valence-corrected chi connectivity index (χ2v) is 4.54. The molecule has 3 heteroatoms. The van der Waals surface area contributed by atoms with Gasteiger partial charge >= 0.3 is 0 Å². The molecule has 0 radical (unpaired) electrons. The van der Waals surface area contributed by atoms with Gasteiger partial charge in [0.15, 0.2) is 0 Å². The Labute approximate surface area is 107 Å². The summed E-state index contributed by atoms with van der Waals surface area (Å²) in [5.74, 6) is 0.749. The second-order valence-electron chi connectivity index (χ2n) is 4.54. The molecule has 94 valence electrons. The van der Waals surface area contributed by atoms with Gasteiger partial charge in [-0.1, -0.05) is 18.2 Å². The number of aromatic nitrogens is 1. The summed E-state index contributed by atoms with van der Waals surface area (Å²) >= 11 is 0. The predicted octanol–water partition coefficient (Wildman–Crippen LogP) is 2.54. The van der Waals surface area contributed by atoms with Crippen LogP contribution in [-0.2, 0) is 12.0 Å². The molecule has 0 aliphatic carbocycles. The molecule has 1 aromatic heterocycles. The number of ether oxygens (including phenoxy) is 1. The molecule has 18 heavy (non-hydrogen) atoms. The van der Waals surface area contributed by atoms with E-state index in [0.717, 1.165) is 16.9 Å². The van der Waals surface area contributed by atoms with Gasteiger partial charge in [0, 0.05) is 18.8 Å². The van der Waals surface area contributed by atoms with Crippen LogP contribution in [0.4, 0.5) is 0 Å². The van der Waals surface area contributed by atoms with Gasteiger partial charge in [-0.3, -0.25) is 4.98 Å². The molecule has 1 unspecified atom stereocenters. The van der Waals surface area contributed by atoms with Crippen molar-refractivity contribution in [1.29, 1.82) is 0 Å². The van der Waals surface area contributed by atoms with E-state index in [2.05, 4.69) is 4.98 Å². The number of methoxy groups -OCH3 is 1. The minimum Gasteiger partial charge on any atom is -0.497 e. The first-order valence-corrected chi connectivity index (χ1v) is 5.87. The summed E-state index contributed by atoms with van der Waals surface area (Å²) in [6.45, 7) is 1.80. The van der Waals surface area contributed by atoms with Crippen LogP contribution < -0.4 is 4.74 Å². The molecule has 1 aromatic carbocycles. The van der Waals surface area contributed by atoms with Crippen LogP contribution in [0.3, 0.4) is 0 Å². The van der Waals surface area contributed by atoms with Crippen molar-refractivity contribution in [2.24, 2.45) is 0 Å². The maximum atomic E-state index is 10.6. The Hall–Kier alpha value is -1.87. The highest BCUT2D eigenvalue weighted by Gasteiger charge is 2.24. The number of aliphatic hydroxyl groups is 1. The highest BCUT2D eigenvalue weighted by Crippen LogP contribution is 2.27. The molecule has 0 aliphatic rings. The standard InChI is InChI=1S/C15H17NO2/c1-15(17,10-12-5-4-8-16-11-12)13-6-3-7-14(9-13)18-2/h3-9,11,17H,10H2,1-2H3. The van der Waals surface area contributed by atoms with E-state index < -0.39 is 5.60 Å². The van der Waals surface area contributed by atoms with Gasteiger partial charge in [0.25, 0.3) is 0 Å². The normalized spacial score (nSPS) is 13.9. The number of hydrogen-bond acceptors (Lipinski definition) is 3. The molecule has 1 atom stereocenters. The Balaban J connectivity index is 2.24. The van der Waals surface area contributed by atoms with E-state index in [4.69, 9.17) is 4.74 Å². The zero-order valence-electron chi connectivity index (χ0n) is 10.6. The van der Waals surface area contributed by atoms with Gasteiger partial charge in [-0.15, -0.1) is 0 Å². The van der Waals surface area contributed by atoms with E-state index >= 15 is 0 Å². The monoisotopic (exact) mass is 243 g/mol. The average molecular weight is 243 g/mol. The zero-order chi connectivity index (χ0) is 13.0. The molecule has 1 N–H and O–H groups in total. The number of benzene rings is 1. The fourth-order valence-electron chi connectivity index (χ4n) is 1.96. The van der Waals surface area contributed by atoms with Crippen molar-refractivity contribution in [3.8, 4) is 5.75 Å². The lowest BCUT2D eigenvalue weighted by molar-refractivity contribution is 0.0573. The molecule has 2 rings (SSSR count). The van der Waals surface area contributed by atoms with E-state index in [-0.39, 0.29) is 0 Å². The Morgan fingerprint density at radius 3 is 2.78 bits per heavy atom. The van der Waals surface area contributed by atoms with Crippen molar-refractivity contribution in [2.75, 3.05) is 7.11 Å². The molecule has 0 spiro atoms. The number of pyridine rings is 1. The molecular weight excluding hydrogens is 226 g/mol. The van der Waals surface area contributed by atoms with Crippen molar-refractivity contribution in [2.45, 2.75) is 18.9 Å². The van der Waals surface area contributed by atoms with Crippen molar-refractivity contribution in [3.05, 3.63) is 59.9 Å². The van der Waals surface area contributed by atoms with Crippen molar-refractivity contribution < 1.29 is 9.84 Å². The number of rotatable bonds is 4. The third-order valence-electron chi connectivity index (χ3n) is 2.96. The van der Waals surface area contributed by atoms with Gasteiger partial charge in [0.1, 0.15) is 5.75 Å². The van der Waals surface area contributed by atoms with Crippen LogP contribution in [0.15, 0.2) is 48.8 Å². The van der Waals surface area contributed by atoms with E-state index in [1.165, 1.54) is 0 Å². The van der Waals surface area contributed by atoms with Crippen molar-refractivity contribution in [1.82, 2.24) is 4.98 Å². The quantitative estimate of drug-likeness (QED) is 0.897. The number of hydrogen-bond donors (Lipinski definition) is 1. The minimum absolute atomic E-state index is 0.522. The summed E-state index contributed by atoms with van der Waals surface area (Å²) in [6, 6.07) is 11.3. The van der Waals surface area contributed by atoms with E-state index in [0.29, 0.717) is 6.42 Å². The largest absolute Gasteiger partial charge is 0.497 e. The lowest BCUT2D eigenvalue weighted by Gasteiger charge is -2.24. The fourth-order valence-corrected chi connectivity index (χ4v) is 1.96. The Morgan fingerprint density at radius 1 is 1.28 bits per heavy atom. The molecule has 0 aliphatic heterocycles. The van der Waals surface area contributed by atoms with Crippen LogP contribution in [0.5, 0.6) is 5.75 Å². The highest BCUT2D eigenvalue weighted by atomic mass is 16.5. The first-order chi connectivity index (χ1) is 8.62. The first-order valence-electron chi connectivity index (χ1n) is 5.87. The molecule has 1 heterocycles. The van der Waals surface area contributed by atoms with E-state index in [9.17, 15) is 5.11 Å². The zero-order valence-corrected chi connectivity index (χ0v) is 10.6. The summed E-state index contributed by atoms with van der Waals surface area (Å²) in [5, 5.41) is 10.6. The smallest absolute Gasteiger partial charge is 0.119 e. The van der Waals surface area contributed by atoms with Gasteiger partial charge in [-0.05, 0) is 36.2 Å². The van der Waals surface area contributed by atoms with Crippen LogP contribution in [0.2, 0.25) is 0 Å². The lowest BCUT2D eigenvalue weighted by Crippen LogP contribution is -2.24. The van der Waals surface area contributed by atoms with Gasteiger partial charge in [0.05, 0.1) is 12.7 Å². The lowest BCUT2D eigenvalue weighted by atomic mass is 9.89.